The molecular weight excluding hydrogens is 288 g/mol. The highest BCUT2D eigenvalue weighted by molar-refractivity contribution is 7.89. The smallest absolute Gasteiger partial charge is 0.210 e. The molecule has 0 saturated heterocycles. The van der Waals surface area contributed by atoms with Crippen LogP contribution in [0.1, 0.15) is 17.2 Å². The number of nitrogens with one attached hydrogen (secondary N) is 1. The van der Waals surface area contributed by atoms with Crippen molar-refractivity contribution < 1.29 is 13.2 Å². The summed E-state index contributed by atoms with van der Waals surface area (Å²) in [6.07, 6.45) is 0. The highest BCUT2D eigenvalue weighted by Crippen LogP contribution is 2.42. The molecule has 0 radical (unpaired) electrons. The van der Waals surface area contributed by atoms with Gasteiger partial charge in [0.2, 0.25) is 10.0 Å². The van der Waals surface area contributed by atoms with E-state index in [0.717, 1.165) is 22.6 Å². The zero-order chi connectivity index (χ0) is 14.9. The number of fused-ring (bicyclic) bond motifs is 2. The van der Waals surface area contributed by atoms with E-state index in [4.69, 9.17) is 9.88 Å². The molecule has 0 atom stereocenters. The van der Waals surface area contributed by atoms with E-state index in [-0.39, 0.29) is 18.3 Å². The second-order valence-corrected chi connectivity index (χ2v) is 6.67. The minimum atomic E-state index is -3.47. The van der Waals surface area contributed by atoms with Gasteiger partial charge in [0, 0.05) is 17.7 Å². The van der Waals surface area contributed by atoms with E-state index >= 15 is 0 Å². The Labute approximate surface area is 123 Å². The average molecular weight is 304 g/mol. The molecule has 2 aromatic rings. The molecule has 1 aliphatic rings. The Morgan fingerprint density at radius 1 is 1.00 bits per heavy atom. The van der Waals surface area contributed by atoms with Gasteiger partial charge in [-0.15, -0.1) is 0 Å². The number of nitrogens with two attached hydrogens (primary N) is 1. The number of hydrogen-bond donors (Lipinski definition) is 2. The van der Waals surface area contributed by atoms with E-state index in [1.54, 1.807) is 0 Å². The standard InChI is InChI=1S/C15H16N2O3S/c16-21(18,19)10-9-17-15-11-5-1-3-7-13(11)20-14-8-4-2-6-12(14)15/h1-8,15,17H,9-10H2,(H2,16,18,19). The summed E-state index contributed by atoms with van der Waals surface area (Å²) >= 11 is 0. The molecule has 0 unspecified atom stereocenters. The van der Waals surface area contributed by atoms with Crippen LogP contribution in [0.3, 0.4) is 0 Å². The summed E-state index contributed by atoms with van der Waals surface area (Å²) in [6.45, 7) is 0.284. The highest BCUT2D eigenvalue weighted by Gasteiger charge is 2.26. The molecule has 6 heteroatoms. The Balaban J connectivity index is 1.91. The number of sulfonamides is 1. The monoisotopic (exact) mass is 304 g/mol. The Hall–Kier alpha value is -1.89. The minimum Gasteiger partial charge on any atom is -0.457 e. The molecule has 0 spiro atoms. The molecule has 21 heavy (non-hydrogen) atoms. The molecule has 3 N–H and O–H groups in total. The molecule has 0 bridgehead atoms. The number of benzene rings is 2. The summed E-state index contributed by atoms with van der Waals surface area (Å²) in [5.74, 6) is 1.46. The number of hydrogen-bond acceptors (Lipinski definition) is 4. The van der Waals surface area contributed by atoms with Crippen LogP contribution in [-0.2, 0) is 10.0 Å². The molecular formula is C15H16N2O3S. The first kappa shape index (κ1) is 14.1. The van der Waals surface area contributed by atoms with Crippen LogP contribution in [0.15, 0.2) is 48.5 Å². The summed E-state index contributed by atoms with van der Waals surface area (Å²) in [6, 6.07) is 15.3. The second-order valence-electron chi connectivity index (χ2n) is 4.93. The first-order valence-electron chi connectivity index (χ1n) is 6.64. The molecule has 0 fully saturated rings. The fourth-order valence-corrected chi connectivity index (χ4v) is 2.88. The fraction of sp³-hybridized carbons (Fsp3) is 0.200. The average Bonchev–Trinajstić information content (AvgIpc) is 2.45. The van der Waals surface area contributed by atoms with Gasteiger partial charge < -0.3 is 10.1 Å². The molecule has 110 valence electrons. The summed E-state index contributed by atoms with van der Waals surface area (Å²) in [5.41, 5.74) is 1.98. The van der Waals surface area contributed by atoms with Crippen molar-refractivity contribution in [3.05, 3.63) is 59.7 Å². The minimum absolute atomic E-state index is 0.102. The molecule has 0 saturated carbocycles. The van der Waals surface area contributed by atoms with E-state index in [9.17, 15) is 8.42 Å². The molecule has 3 rings (SSSR count). The summed E-state index contributed by atoms with van der Waals surface area (Å²) in [4.78, 5) is 0. The van der Waals surface area contributed by atoms with Gasteiger partial charge in [0.1, 0.15) is 11.5 Å². The highest BCUT2D eigenvalue weighted by atomic mass is 32.2. The van der Waals surface area contributed by atoms with Crippen LogP contribution < -0.4 is 15.2 Å². The maximum Gasteiger partial charge on any atom is 0.210 e. The third kappa shape index (κ3) is 3.07. The lowest BCUT2D eigenvalue weighted by atomic mass is 9.94. The van der Waals surface area contributed by atoms with Crippen LogP contribution in [0.5, 0.6) is 11.5 Å². The summed E-state index contributed by atoms with van der Waals surface area (Å²) in [5, 5.41) is 8.30. The van der Waals surface area contributed by atoms with Gasteiger partial charge in [-0.05, 0) is 12.1 Å². The molecule has 0 aromatic heterocycles. The fourth-order valence-electron chi connectivity index (χ4n) is 2.48. The zero-order valence-corrected chi connectivity index (χ0v) is 12.1. The second kappa shape index (κ2) is 5.48. The first-order chi connectivity index (χ1) is 10.0. The predicted molar refractivity (Wildman–Crippen MR) is 80.8 cm³/mol. The first-order valence-corrected chi connectivity index (χ1v) is 8.36. The van der Waals surface area contributed by atoms with E-state index in [2.05, 4.69) is 5.32 Å². The van der Waals surface area contributed by atoms with Gasteiger partial charge in [-0.3, -0.25) is 0 Å². The Bertz CT molecular complexity index is 714. The lowest BCUT2D eigenvalue weighted by Crippen LogP contribution is -2.31. The van der Waals surface area contributed by atoms with Gasteiger partial charge >= 0.3 is 0 Å². The van der Waals surface area contributed by atoms with Crippen molar-refractivity contribution in [3.63, 3.8) is 0 Å². The van der Waals surface area contributed by atoms with Crippen LogP contribution >= 0.6 is 0 Å². The van der Waals surface area contributed by atoms with E-state index in [0.29, 0.717) is 0 Å². The maximum absolute atomic E-state index is 11.1. The summed E-state index contributed by atoms with van der Waals surface area (Å²) < 4.78 is 28.0. The number of primary sulfonamides is 1. The third-order valence-corrected chi connectivity index (χ3v) is 4.19. The Kier molecular flexibility index (Phi) is 3.67. The maximum atomic E-state index is 11.1. The van der Waals surface area contributed by atoms with E-state index < -0.39 is 10.0 Å². The molecule has 0 aliphatic carbocycles. The van der Waals surface area contributed by atoms with Gasteiger partial charge in [0.05, 0.1) is 11.8 Å². The number of ether oxygens (including phenoxy) is 1. The topological polar surface area (TPSA) is 81.4 Å². The SMILES string of the molecule is NS(=O)(=O)CCNC1c2ccccc2Oc2ccccc21. The van der Waals surface area contributed by atoms with Crippen LogP contribution in [0.25, 0.3) is 0 Å². The molecule has 2 aromatic carbocycles. The van der Waals surface area contributed by atoms with Crippen molar-refractivity contribution in [1.29, 1.82) is 0 Å². The van der Waals surface area contributed by atoms with Crippen molar-refractivity contribution in [2.75, 3.05) is 12.3 Å². The molecule has 5 nitrogen and oxygen atoms in total. The van der Waals surface area contributed by atoms with Crippen LogP contribution in [-0.4, -0.2) is 20.7 Å². The lowest BCUT2D eigenvalue weighted by molar-refractivity contribution is 0.430. The van der Waals surface area contributed by atoms with Crippen molar-refractivity contribution in [2.45, 2.75) is 6.04 Å². The Morgan fingerprint density at radius 3 is 2.05 bits per heavy atom. The number of rotatable bonds is 4. The largest absolute Gasteiger partial charge is 0.457 e. The predicted octanol–water partition coefficient (Wildman–Crippen LogP) is 1.76. The molecule has 0 amide bonds. The van der Waals surface area contributed by atoms with Gasteiger partial charge in [-0.25, -0.2) is 13.6 Å². The van der Waals surface area contributed by atoms with E-state index in [1.165, 1.54) is 0 Å². The normalized spacial score (nSPS) is 14.1. The lowest BCUT2D eigenvalue weighted by Gasteiger charge is -2.28. The van der Waals surface area contributed by atoms with Crippen molar-refractivity contribution in [2.24, 2.45) is 5.14 Å². The van der Waals surface area contributed by atoms with Gasteiger partial charge in [-0.1, -0.05) is 36.4 Å². The molecule has 1 heterocycles. The van der Waals surface area contributed by atoms with Gasteiger partial charge in [0.25, 0.3) is 0 Å². The Morgan fingerprint density at radius 2 is 1.52 bits per heavy atom. The van der Waals surface area contributed by atoms with Crippen LogP contribution in [0, 0.1) is 0 Å². The van der Waals surface area contributed by atoms with Crippen molar-refractivity contribution in [1.82, 2.24) is 5.32 Å². The third-order valence-electron chi connectivity index (χ3n) is 3.41. The van der Waals surface area contributed by atoms with Crippen molar-refractivity contribution >= 4 is 10.0 Å². The van der Waals surface area contributed by atoms with Crippen LogP contribution in [0.4, 0.5) is 0 Å². The quantitative estimate of drug-likeness (QED) is 0.902. The van der Waals surface area contributed by atoms with E-state index in [1.807, 2.05) is 48.5 Å². The van der Waals surface area contributed by atoms with Crippen LogP contribution in [0.2, 0.25) is 0 Å². The van der Waals surface area contributed by atoms with Gasteiger partial charge in [-0.2, -0.15) is 0 Å². The zero-order valence-electron chi connectivity index (χ0n) is 11.3. The summed E-state index contributed by atoms with van der Waals surface area (Å²) in [7, 11) is -3.47. The van der Waals surface area contributed by atoms with Gasteiger partial charge in [0.15, 0.2) is 0 Å². The number of para-hydroxylation sites is 2. The van der Waals surface area contributed by atoms with Crippen molar-refractivity contribution in [3.8, 4) is 11.5 Å². The molecule has 1 aliphatic heterocycles.